The second-order valence-corrected chi connectivity index (χ2v) is 6.91. The number of para-hydroxylation sites is 1. The Labute approximate surface area is 159 Å². The van der Waals surface area contributed by atoms with Gasteiger partial charge in [-0.05, 0) is 54.5 Å². The fourth-order valence-corrected chi connectivity index (χ4v) is 3.72. The number of fused-ring (bicyclic) bond motifs is 1. The summed E-state index contributed by atoms with van der Waals surface area (Å²) in [6.45, 7) is 4.45. The number of methoxy groups -OCH3 is 1. The fourth-order valence-electron chi connectivity index (χ4n) is 3.72. The molecule has 1 aliphatic rings. The predicted octanol–water partition coefficient (Wildman–Crippen LogP) is 3.59. The van der Waals surface area contributed by atoms with Crippen molar-refractivity contribution in [3.05, 3.63) is 64.7 Å². The van der Waals surface area contributed by atoms with Crippen molar-refractivity contribution < 1.29 is 19.1 Å². The van der Waals surface area contributed by atoms with Crippen LogP contribution in [0.5, 0.6) is 5.75 Å². The minimum Gasteiger partial charge on any atom is -0.493 e. The van der Waals surface area contributed by atoms with Crippen molar-refractivity contribution in [2.24, 2.45) is 0 Å². The molecule has 27 heavy (non-hydrogen) atoms. The van der Waals surface area contributed by atoms with E-state index >= 15 is 0 Å². The number of hydrogen-bond donors (Lipinski definition) is 1. The Morgan fingerprint density at radius 2 is 1.85 bits per heavy atom. The molecule has 5 heteroatoms. The third-order valence-corrected chi connectivity index (χ3v) is 5.09. The van der Waals surface area contributed by atoms with Gasteiger partial charge in [-0.1, -0.05) is 36.4 Å². The Hall–Kier alpha value is -2.82. The van der Waals surface area contributed by atoms with Crippen LogP contribution in [0.2, 0.25) is 0 Å². The van der Waals surface area contributed by atoms with Crippen LogP contribution in [-0.4, -0.2) is 25.6 Å². The molecule has 0 aliphatic carbocycles. The first kappa shape index (κ1) is 19.0. The molecule has 1 aliphatic heterocycles. The molecule has 0 saturated heterocycles. The van der Waals surface area contributed by atoms with E-state index in [1.165, 1.54) is 7.11 Å². The van der Waals surface area contributed by atoms with Crippen molar-refractivity contribution in [2.75, 3.05) is 13.7 Å². The first-order chi connectivity index (χ1) is 13.0. The molecular formula is C22H25NO4. The Balaban J connectivity index is 1.79. The molecule has 2 aromatic carbocycles. The number of ether oxygens (including phenoxy) is 2. The second-order valence-electron chi connectivity index (χ2n) is 6.91. The second kappa shape index (κ2) is 8.25. The summed E-state index contributed by atoms with van der Waals surface area (Å²) in [4.78, 5) is 25.2. The molecule has 0 bridgehead atoms. The van der Waals surface area contributed by atoms with Gasteiger partial charge in [0.1, 0.15) is 5.75 Å². The average molecular weight is 367 g/mol. The average Bonchev–Trinajstić information content (AvgIpc) is 2.66. The maximum Gasteiger partial charge on any atom is 0.333 e. The summed E-state index contributed by atoms with van der Waals surface area (Å²) < 4.78 is 10.6. The number of hydrogen-bond acceptors (Lipinski definition) is 4. The van der Waals surface area contributed by atoms with Gasteiger partial charge in [0.15, 0.2) is 6.04 Å². The lowest BCUT2D eigenvalue weighted by Gasteiger charge is -2.26. The summed E-state index contributed by atoms with van der Waals surface area (Å²) in [5.74, 6) is 0.273. The van der Waals surface area contributed by atoms with Gasteiger partial charge >= 0.3 is 5.97 Å². The highest BCUT2D eigenvalue weighted by atomic mass is 16.5. The van der Waals surface area contributed by atoms with Gasteiger partial charge in [-0.15, -0.1) is 0 Å². The summed E-state index contributed by atoms with van der Waals surface area (Å²) in [6.07, 6.45) is 1.08. The molecule has 1 amide bonds. The topological polar surface area (TPSA) is 64.6 Å². The molecule has 0 saturated carbocycles. The van der Waals surface area contributed by atoms with E-state index in [1.807, 2.05) is 56.3 Å². The van der Waals surface area contributed by atoms with Gasteiger partial charge in [0.25, 0.3) is 0 Å². The van der Waals surface area contributed by atoms with Crippen LogP contribution in [0.15, 0.2) is 42.5 Å². The standard InChI is InChI=1S/C22H25NO4/c1-14-7-6-8-15(2)20(14)21(22(25)26-3)23-19(24)13-16-11-12-27-18-10-5-4-9-17(16)18/h4-10,16,21H,11-13H2,1-3H3,(H,23,24)/t16-,21-/m1/s1. The van der Waals surface area contributed by atoms with Crippen LogP contribution >= 0.6 is 0 Å². The number of carbonyl (C=O) groups excluding carboxylic acids is 2. The highest BCUT2D eigenvalue weighted by Crippen LogP contribution is 2.35. The van der Waals surface area contributed by atoms with Crippen molar-refractivity contribution in [1.82, 2.24) is 5.32 Å². The van der Waals surface area contributed by atoms with E-state index in [-0.39, 0.29) is 11.8 Å². The van der Waals surface area contributed by atoms with E-state index < -0.39 is 12.0 Å². The molecule has 2 atom stereocenters. The quantitative estimate of drug-likeness (QED) is 0.820. The zero-order valence-electron chi connectivity index (χ0n) is 16.0. The predicted molar refractivity (Wildman–Crippen MR) is 103 cm³/mol. The highest BCUT2D eigenvalue weighted by Gasteiger charge is 2.29. The third kappa shape index (κ3) is 4.13. The molecule has 0 radical (unpaired) electrons. The van der Waals surface area contributed by atoms with E-state index in [1.54, 1.807) is 0 Å². The Bertz CT molecular complexity index is 826. The van der Waals surface area contributed by atoms with Gasteiger partial charge in [0.05, 0.1) is 13.7 Å². The van der Waals surface area contributed by atoms with Gasteiger partial charge in [0.2, 0.25) is 5.91 Å². The molecule has 3 rings (SSSR count). The normalized spacial score (nSPS) is 16.6. The number of amides is 1. The van der Waals surface area contributed by atoms with Crippen molar-refractivity contribution in [3.63, 3.8) is 0 Å². The van der Waals surface area contributed by atoms with E-state index in [0.717, 1.165) is 34.4 Å². The fraction of sp³-hybridized carbons (Fsp3) is 0.364. The molecule has 2 aromatic rings. The minimum atomic E-state index is -0.807. The van der Waals surface area contributed by atoms with Crippen molar-refractivity contribution in [1.29, 1.82) is 0 Å². The van der Waals surface area contributed by atoms with Gasteiger partial charge < -0.3 is 14.8 Å². The number of carbonyl (C=O) groups is 2. The van der Waals surface area contributed by atoms with Crippen LogP contribution in [0.3, 0.4) is 0 Å². The number of aryl methyl sites for hydroxylation is 2. The third-order valence-electron chi connectivity index (χ3n) is 5.09. The molecule has 0 fully saturated rings. The number of rotatable bonds is 5. The smallest absolute Gasteiger partial charge is 0.333 e. The van der Waals surface area contributed by atoms with Crippen LogP contribution in [0, 0.1) is 13.8 Å². The first-order valence-corrected chi connectivity index (χ1v) is 9.16. The monoisotopic (exact) mass is 367 g/mol. The van der Waals surface area contributed by atoms with E-state index in [2.05, 4.69) is 5.32 Å². The molecule has 1 heterocycles. The molecule has 5 nitrogen and oxygen atoms in total. The maximum absolute atomic E-state index is 12.8. The van der Waals surface area contributed by atoms with Gasteiger partial charge in [-0.3, -0.25) is 4.79 Å². The van der Waals surface area contributed by atoms with Crippen molar-refractivity contribution >= 4 is 11.9 Å². The SMILES string of the molecule is COC(=O)[C@H](NC(=O)C[C@H]1CCOc2ccccc21)c1c(C)cccc1C. The summed E-state index contributed by atoms with van der Waals surface area (Å²) in [5.41, 5.74) is 3.73. The summed E-state index contributed by atoms with van der Waals surface area (Å²) in [7, 11) is 1.34. The van der Waals surface area contributed by atoms with Crippen molar-refractivity contribution in [2.45, 2.75) is 38.6 Å². The Morgan fingerprint density at radius 1 is 1.15 bits per heavy atom. The molecule has 0 aromatic heterocycles. The number of esters is 1. The minimum absolute atomic E-state index is 0.0752. The van der Waals surface area contributed by atoms with E-state index in [9.17, 15) is 9.59 Å². The number of nitrogens with one attached hydrogen (secondary N) is 1. The van der Waals surface area contributed by atoms with Crippen LogP contribution in [-0.2, 0) is 14.3 Å². The number of benzene rings is 2. The lowest BCUT2D eigenvalue weighted by molar-refractivity contribution is -0.145. The molecular weight excluding hydrogens is 342 g/mol. The molecule has 0 spiro atoms. The van der Waals surface area contributed by atoms with Crippen LogP contribution < -0.4 is 10.1 Å². The zero-order chi connectivity index (χ0) is 19.4. The highest BCUT2D eigenvalue weighted by molar-refractivity contribution is 5.86. The summed E-state index contributed by atoms with van der Waals surface area (Å²) in [5, 5.41) is 2.89. The van der Waals surface area contributed by atoms with Crippen LogP contribution in [0.25, 0.3) is 0 Å². The largest absolute Gasteiger partial charge is 0.493 e. The lowest BCUT2D eigenvalue weighted by Crippen LogP contribution is -2.36. The van der Waals surface area contributed by atoms with Gasteiger partial charge in [-0.2, -0.15) is 0 Å². The lowest BCUT2D eigenvalue weighted by atomic mass is 9.89. The van der Waals surface area contributed by atoms with E-state index in [4.69, 9.17) is 9.47 Å². The molecule has 142 valence electrons. The first-order valence-electron chi connectivity index (χ1n) is 9.16. The van der Waals surface area contributed by atoms with Crippen molar-refractivity contribution in [3.8, 4) is 5.75 Å². The van der Waals surface area contributed by atoms with Crippen LogP contribution in [0.1, 0.15) is 47.1 Å². The summed E-state index contributed by atoms with van der Waals surface area (Å²) >= 11 is 0. The Kier molecular flexibility index (Phi) is 5.79. The van der Waals surface area contributed by atoms with Gasteiger partial charge in [0, 0.05) is 6.42 Å². The molecule has 1 N–H and O–H groups in total. The Morgan fingerprint density at radius 3 is 2.56 bits per heavy atom. The van der Waals surface area contributed by atoms with E-state index in [0.29, 0.717) is 13.0 Å². The zero-order valence-corrected chi connectivity index (χ0v) is 16.0. The maximum atomic E-state index is 12.8. The summed E-state index contributed by atoms with van der Waals surface area (Å²) in [6, 6.07) is 12.8. The van der Waals surface area contributed by atoms with Gasteiger partial charge in [-0.25, -0.2) is 4.79 Å². The molecule has 0 unspecified atom stereocenters. The van der Waals surface area contributed by atoms with Crippen LogP contribution in [0.4, 0.5) is 0 Å².